The first-order chi connectivity index (χ1) is 9.68. The van der Waals surface area contributed by atoms with Crippen molar-refractivity contribution < 1.29 is 22.4 Å². The van der Waals surface area contributed by atoms with E-state index in [9.17, 15) is 18.0 Å². The first kappa shape index (κ1) is 14.9. The predicted octanol–water partition coefficient (Wildman–Crippen LogP) is 3.14. The molecule has 1 heterocycles. The number of nitrogens with two attached hydrogens (primary N) is 1. The van der Waals surface area contributed by atoms with Crippen molar-refractivity contribution in [3.8, 4) is 0 Å². The van der Waals surface area contributed by atoms with Crippen LogP contribution in [0.2, 0.25) is 0 Å². The SMILES string of the molecule is Cc1nc(C)c(C(=O)Nc2ccc(N)c(C(F)(F)F)c2)o1. The van der Waals surface area contributed by atoms with Gasteiger partial charge in [0.05, 0.1) is 11.3 Å². The Labute approximate surface area is 118 Å². The molecule has 0 aliphatic rings. The molecule has 0 spiro atoms. The lowest BCUT2D eigenvalue weighted by molar-refractivity contribution is -0.136. The topological polar surface area (TPSA) is 81.2 Å². The minimum absolute atomic E-state index is 0.0324. The quantitative estimate of drug-likeness (QED) is 0.835. The number of aryl methyl sites for hydroxylation is 2. The molecule has 0 saturated carbocycles. The van der Waals surface area contributed by atoms with Crippen molar-refractivity contribution in [1.82, 2.24) is 4.98 Å². The summed E-state index contributed by atoms with van der Waals surface area (Å²) in [5.41, 5.74) is 4.19. The molecule has 0 aliphatic carbocycles. The molecule has 1 aromatic heterocycles. The van der Waals surface area contributed by atoms with Gasteiger partial charge in [-0.15, -0.1) is 0 Å². The molecule has 0 aliphatic heterocycles. The van der Waals surface area contributed by atoms with E-state index in [2.05, 4.69) is 10.3 Å². The number of alkyl halides is 3. The number of rotatable bonds is 2. The van der Waals surface area contributed by atoms with E-state index in [4.69, 9.17) is 10.2 Å². The summed E-state index contributed by atoms with van der Waals surface area (Å²) >= 11 is 0. The number of anilines is 2. The highest BCUT2D eigenvalue weighted by Gasteiger charge is 2.33. The van der Waals surface area contributed by atoms with Gasteiger partial charge in [0.15, 0.2) is 5.89 Å². The lowest BCUT2D eigenvalue weighted by Crippen LogP contribution is -2.14. The van der Waals surface area contributed by atoms with Crippen LogP contribution in [-0.2, 0) is 6.18 Å². The standard InChI is InChI=1S/C13H12F3N3O2/c1-6-11(21-7(2)18-6)12(20)19-8-3-4-10(17)9(5-8)13(14,15)16/h3-5H,17H2,1-2H3,(H,19,20). The molecule has 5 nitrogen and oxygen atoms in total. The second-order valence-corrected chi connectivity index (χ2v) is 4.40. The molecule has 0 fully saturated rings. The molecule has 0 saturated heterocycles. The molecule has 1 aromatic carbocycles. The number of carbonyl (C=O) groups excluding carboxylic acids is 1. The van der Waals surface area contributed by atoms with Gasteiger partial charge < -0.3 is 15.5 Å². The lowest BCUT2D eigenvalue weighted by Gasteiger charge is -2.12. The van der Waals surface area contributed by atoms with Gasteiger partial charge in [-0.25, -0.2) is 4.98 Å². The van der Waals surface area contributed by atoms with Gasteiger partial charge in [-0.1, -0.05) is 0 Å². The summed E-state index contributed by atoms with van der Waals surface area (Å²) in [7, 11) is 0. The average molecular weight is 299 g/mol. The third-order valence-electron chi connectivity index (χ3n) is 2.73. The van der Waals surface area contributed by atoms with Crippen molar-refractivity contribution in [1.29, 1.82) is 0 Å². The Morgan fingerprint density at radius 3 is 2.52 bits per heavy atom. The number of hydrogen-bond acceptors (Lipinski definition) is 4. The zero-order valence-corrected chi connectivity index (χ0v) is 11.2. The van der Waals surface area contributed by atoms with Crippen LogP contribution < -0.4 is 11.1 Å². The molecule has 0 unspecified atom stereocenters. The zero-order valence-electron chi connectivity index (χ0n) is 11.2. The summed E-state index contributed by atoms with van der Waals surface area (Å²) < 4.78 is 43.3. The molecule has 0 radical (unpaired) electrons. The monoisotopic (exact) mass is 299 g/mol. The first-order valence-corrected chi connectivity index (χ1v) is 5.90. The third kappa shape index (κ3) is 3.15. The van der Waals surface area contributed by atoms with Crippen molar-refractivity contribution in [3.63, 3.8) is 0 Å². The number of hydrogen-bond donors (Lipinski definition) is 2. The summed E-state index contributed by atoms with van der Waals surface area (Å²) in [5, 5.41) is 2.32. The first-order valence-electron chi connectivity index (χ1n) is 5.90. The van der Waals surface area contributed by atoms with Crippen LogP contribution in [0, 0.1) is 13.8 Å². The van der Waals surface area contributed by atoms with E-state index in [1.807, 2.05) is 0 Å². The Morgan fingerprint density at radius 2 is 2.00 bits per heavy atom. The maximum atomic E-state index is 12.7. The van der Waals surface area contributed by atoms with E-state index in [0.29, 0.717) is 11.6 Å². The highest BCUT2D eigenvalue weighted by Crippen LogP contribution is 2.35. The molecule has 2 aromatic rings. The summed E-state index contributed by atoms with van der Waals surface area (Å²) in [6, 6.07) is 3.13. The highest BCUT2D eigenvalue weighted by molar-refractivity contribution is 6.03. The third-order valence-corrected chi connectivity index (χ3v) is 2.73. The van der Waals surface area contributed by atoms with Crippen LogP contribution >= 0.6 is 0 Å². The van der Waals surface area contributed by atoms with Gasteiger partial charge in [0.1, 0.15) is 0 Å². The average Bonchev–Trinajstić information content (AvgIpc) is 2.69. The number of benzene rings is 1. The number of nitrogens with zero attached hydrogens (tertiary/aromatic N) is 1. The summed E-state index contributed by atoms with van der Waals surface area (Å²) in [6.45, 7) is 3.13. The normalized spacial score (nSPS) is 11.5. The number of nitrogen functional groups attached to an aromatic ring is 1. The van der Waals surface area contributed by atoms with Crippen molar-refractivity contribution in [3.05, 3.63) is 41.1 Å². The number of amides is 1. The Balaban J connectivity index is 2.28. The molecule has 0 bridgehead atoms. The molecule has 0 atom stereocenters. The molecule has 2 rings (SSSR count). The summed E-state index contributed by atoms with van der Waals surface area (Å²) in [4.78, 5) is 15.9. The van der Waals surface area contributed by atoms with E-state index in [-0.39, 0.29) is 11.4 Å². The van der Waals surface area contributed by atoms with Crippen LogP contribution in [0.5, 0.6) is 0 Å². The zero-order chi connectivity index (χ0) is 15.8. The van der Waals surface area contributed by atoms with Gasteiger partial charge in [-0.3, -0.25) is 4.79 Å². The van der Waals surface area contributed by atoms with Gasteiger partial charge in [0, 0.05) is 18.3 Å². The number of aromatic nitrogens is 1. The fraction of sp³-hybridized carbons (Fsp3) is 0.231. The summed E-state index contributed by atoms with van der Waals surface area (Å²) in [5.74, 6) is -0.421. The minimum Gasteiger partial charge on any atom is -0.436 e. The van der Waals surface area contributed by atoms with E-state index in [1.54, 1.807) is 13.8 Å². The maximum Gasteiger partial charge on any atom is 0.418 e. The Kier molecular flexibility index (Phi) is 3.63. The van der Waals surface area contributed by atoms with Gasteiger partial charge in [0.25, 0.3) is 5.91 Å². The maximum absolute atomic E-state index is 12.7. The number of oxazole rings is 1. The van der Waals surface area contributed by atoms with Gasteiger partial charge >= 0.3 is 6.18 Å². The molecule has 3 N–H and O–H groups in total. The van der Waals surface area contributed by atoms with Crippen LogP contribution in [0.4, 0.5) is 24.5 Å². The van der Waals surface area contributed by atoms with Crippen molar-refractivity contribution in [2.24, 2.45) is 0 Å². The summed E-state index contributed by atoms with van der Waals surface area (Å²) in [6.07, 6.45) is -4.59. The van der Waals surface area contributed by atoms with Gasteiger partial charge in [0.2, 0.25) is 5.76 Å². The van der Waals surface area contributed by atoms with Crippen molar-refractivity contribution >= 4 is 17.3 Å². The second kappa shape index (κ2) is 5.12. The molecule has 112 valence electrons. The van der Waals surface area contributed by atoms with E-state index < -0.39 is 23.3 Å². The Morgan fingerprint density at radius 1 is 1.33 bits per heavy atom. The number of carbonyl (C=O) groups is 1. The van der Waals surface area contributed by atoms with Crippen molar-refractivity contribution in [2.45, 2.75) is 20.0 Å². The molecule has 21 heavy (non-hydrogen) atoms. The molecular formula is C13H12F3N3O2. The van der Waals surface area contributed by atoms with E-state index in [1.165, 1.54) is 6.07 Å². The molecule has 8 heteroatoms. The Bertz CT molecular complexity index is 692. The van der Waals surface area contributed by atoms with Crippen LogP contribution in [0.15, 0.2) is 22.6 Å². The van der Waals surface area contributed by atoms with Crippen LogP contribution in [0.3, 0.4) is 0 Å². The fourth-order valence-electron chi connectivity index (χ4n) is 1.81. The molecule has 1 amide bonds. The smallest absolute Gasteiger partial charge is 0.418 e. The van der Waals surface area contributed by atoms with E-state index >= 15 is 0 Å². The highest BCUT2D eigenvalue weighted by atomic mass is 19.4. The van der Waals surface area contributed by atoms with Crippen molar-refractivity contribution in [2.75, 3.05) is 11.1 Å². The van der Waals surface area contributed by atoms with Gasteiger partial charge in [-0.05, 0) is 25.1 Å². The second-order valence-electron chi connectivity index (χ2n) is 4.40. The number of nitrogens with one attached hydrogen (secondary N) is 1. The van der Waals surface area contributed by atoms with Gasteiger partial charge in [-0.2, -0.15) is 13.2 Å². The van der Waals surface area contributed by atoms with Crippen LogP contribution in [0.1, 0.15) is 27.7 Å². The number of halogens is 3. The Hall–Kier alpha value is -2.51. The lowest BCUT2D eigenvalue weighted by atomic mass is 10.1. The minimum atomic E-state index is -4.59. The fourth-order valence-corrected chi connectivity index (χ4v) is 1.81. The van der Waals surface area contributed by atoms with Crippen LogP contribution in [-0.4, -0.2) is 10.9 Å². The van der Waals surface area contributed by atoms with E-state index in [0.717, 1.165) is 12.1 Å². The largest absolute Gasteiger partial charge is 0.436 e. The predicted molar refractivity (Wildman–Crippen MR) is 69.8 cm³/mol. The molecular weight excluding hydrogens is 287 g/mol. The van der Waals surface area contributed by atoms with Crippen LogP contribution in [0.25, 0.3) is 0 Å².